The Kier molecular flexibility index (Phi) is 4.22. The van der Waals surface area contributed by atoms with Crippen LogP contribution >= 0.6 is 0 Å². The van der Waals surface area contributed by atoms with Gasteiger partial charge in [-0.15, -0.1) is 0 Å². The van der Waals surface area contributed by atoms with Crippen LogP contribution in [0.5, 0.6) is 0 Å². The van der Waals surface area contributed by atoms with Crippen LogP contribution in [-0.4, -0.2) is 18.1 Å². The molecule has 0 radical (unpaired) electrons. The molecule has 0 aliphatic carbocycles. The molecule has 3 nitrogen and oxygen atoms in total. The van der Waals surface area contributed by atoms with Crippen molar-refractivity contribution in [2.75, 3.05) is 13.2 Å². The van der Waals surface area contributed by atoms with Gasteiger partial charge in [0.1, 0.15) is 0 Å². The zero-order valence-electron chi connectivity index (χ0n) is 9.91. The largest absolute Gasteiger partial charge is 0.502 e. The lowest BCUT2D eigenvalue weighted by Crippen LogP contribution is -2.15. The maximum absolute atomic E-state index is 5.05. The molecule has 1 heterocycles. The first-order valence-corrected chi connectivity index (χ1v) is 5.89. The van der Waals surface area contributed by atoms with Gasteiger partial charge in [-0.2, -0.15) is 0 Å². The lowest BCUT2D eigenvalue weighted by Gasteiger charge is -2.05. The van der Waals surface area contributed by atoms with Gasteiger partial charge in [0.25, 0.3) is 0 Å². The van der Waals surface area contributed by atoms with E-state index in [1.165, 1.54) is 22.7 Å². The van der Waals surface area contributed by atoms with Crippen LogP contribution in [0.1, 0.15) is 12.0 Å². The van der Waals surface area contributed by atoms with Crippen molar-refractivity contribution >= 4 is 10.9 Å². The summed E-state index contributed by atoms with van der Waals surface area (Å²) in [4.78, 5) is 3.22. The van der Waals surface area contributed by atoms with Crippen molar-refractivity contribution in [2.24, 2.45) is 0 Å². The number of hydrogen-bond donors (Lipinski definition) is 2. The maximum Gasteiger partial charge on any atom is 0.0885 e. The van der Waals surface area contributed by atoms with E-state index in [2.05, 4.69) is 41.1 Å². The molecule has 0 bridgehead atoms. The zero-order valence-corrected chi connectivity index (χ0v) is 9.91. The molecule has 90 valence electrons. The van der Waals surface area contributed by atoms with E-state index in [0.717, 1.165) is 26.1 Å². The van der Waals surface area contributed by atoms with Crippen molar-refractivity contribution in [2.45, 2.75) is 13.0 Å². The van der Waals surface area contributed by atoms with Crippen molar-refractivity contribution in [3.8, 4) is 0 Å². The van der Waals surface area contributed by atoms with Crippen molar-refractivity contribution in [1.82, 2.24) is 10.3 Å². The Balaban J connectivity index is 1.76. The van der Waals surface area contributed by atoms with Gasteiger partial charge in [-0.05, 0) is 36.0 Å². The van der Waals surface area contributed by atoms with E-state index in [1.807, 2.05) is 6.20 Å². The Hall–Kier alpha value is -1.74. The second-order valence-electron chi connectivity index (χ2n) is 3.97. The molecular formula is C14H18N2O. The highest BCUT2D eigenvalue weighted by atomic mass is 16.5. The van der Waals surface area contributed by atoms with E-state index < -0.39 is 0 Å². The Labute approximate surface area is 101 Å². The number of benzene rings is 1. The Morgan fingerprint density at radius 1 is 1.35 bits per heavy atom. The quantitative estimate of drug-likeness (QED) is 0.567. The average molecular weight is 230 g/mol. The van der Waals surface area contributed by atoms with E-state index in [0.29, 0.717) is 0 Å². The minimum Gasteiger partial charge on any atom is -0.502 e. The molecule has 2 aromatic rings. The van der Waals surface area contributed by atoms with E-state index in [4.69, 9.17) is 4.74 Å². The van der Waals surface area contributed by atoms with Gasteiger partial charge in [-0.1, -0.05) is 18.7 Å². The topological polar surface area (TPSA) is 37.0 Å². The molecule has 2 rings (SSSR count). The molecular weight excluding hydrogens is 212 g/mol. The Morgan fingerprint density at radius 3 is 3.18 bits per heavy atom. The lowest BCUT2D eigenvalue weighted by molar-refractivity contribution is 0.244. The molecule has 0 aliphatic heterocycles. The molecule has 3 heteroatoms. The van der Waals surface area contributed by atoms with Crippen LogP contribution in [0.15, 0.2) is 43.3 Å². The monoisotopic (exact) mass is 230 g/mol. The zero-order chi connectivity index (χ0) is 11.9. The molecule has 0 unspecified atom stereocenters. The highest BCUT2D eigenvalue weighted by Gasteiger charge is 1.96. The minimum atomic E-state index is 0.728. The molecule has 2 N–H and O–H groups in total. The second-order valence-corrected chi connectivity index (χ2v) is 3.97. The molecule has 0 saturated heterocycles. The molecule has 0 fully saturated rings. The van der Waals surface area contributed by atoms with Crippen LogP contribution in [0.4, 0.5) is 0 Å². The molecule has 17 heavy (non-hydrogen) atoms. The van der Waals surface area contributed by atoms with E-state index in [9.17, 15) is 0 Å². The first kappa shape index (κ1) is 11.7. The number of nitrogens with one attached hydrogen (secondary N) is 2. The van der Waals surface area contributed by atoms with Gasteiger partial charge >= 0.3 is 0 Å². The summed E-state index contributed by atoms with van der Waals surface area (Å²) in [5.74, 6) is 0. The van der Waals surface area contributed by atoms with Gasteiger partial charge in [0.2, 0.25) is 0 Å². The van der Waals surface area contributed by atoms with Crippen LogP contribution in [0.25, 0.3) is 10.9 Å². The number of fused-ring (bicyclic) bond motifs is 1. The molecule has 0 amide bonds. The second kappa shape index (κ2) is 6.11. The third-order valence-electron chi connectivity index (χ3n) is 2.68. The van der Waals surface area contributed by atoms with Crippen LogP contribution < -0.4 is 5.32 Å². The van der Waals surface area contributed by atoms with Gasteiger partial charge in [0, 0.05) is 18.3 Å². The summed E-state index contributed by atoms with van der Waals surface area (Å²) >= 11 is 0. The van der Waals surface area contributed by atoms with Gasteiger partial charge in [0.15, 0.2) is 0 Å². The van der Waals surface area contributed by atoms with Crippen LogP contribution in [0, 0.1) is 0 Å². The van der Waals surface area contributed by atoms with Crippen molar-refractivity contribution in [1.29, 1.82) is 0 Å². The predicted octanol–water partition coefficient (Wildman–Crippen LogP) is 2.81. The number of hydrogen-bond acceptors (Lipinski definition) is 2. The third-order valence-corrected chi connectivity index (χ3v) is 2.68. The third kappa shape index (κ3) is 3.36. The van der Waals surface area contributed by atoms with Gasteiger partial charge in [-0.3, -0.25) is 0 Å². The molecule has 1 aromatic carbocycles. The van der Waals surface area contributed by atoms with Crippen molar-refractivity contribution in [3.05, 3.63) is 48.9 Å². The number of aromatic nitrogens is 1. The lowest BCUT2D eigenvalue weighted by atomic mass is 10.1. The van der Waals surface area contributed by atoms with Gasteiger partial charge in [-0.25, -0.2) is 0 Å². The van der Waals surface area contributed by atoms with Crippen molar-refractivity contribution in [3.63, 3.8) is 0 Å². The molecule has 0 saturated carbocycles. The summed E-state index contributed by atoms with van der Waals surface area (Å²) < 4.78 is 5.05. The van der Waals surface area contributed by atoms with E-state index in [-0.39, 0.29) is 0 Å². The Bertz CT molecular complexity index is 476. The van der Waals surface area contributed by atoms with E-state index in [1.54, 1.807) is 0 Å². The van der Waals surface area contributed by atoms with Crippen molar-refractivity contribution < 1.29 is 4.74 Å². The standard InChI is InChI=1S/C14H18N2O/c1-2-17-9-3-7-15-11-12-4-5-13-6-8-16-14(13)10-12/h2,4-6,8,10,15-16H,1,3,7,9,11H2. The normalized spacial score (nSPS) is 10.6. The summed E-state index contributed by atoms with van der Waals surface area (Å²) in [5.41, 5.74) is 2.49. The minimum absolute atomic E-state index is 0.728. The summed E-state index contributed by atoms with van der Waals surface area (Å²) in [7, 11) is 0. The number of rotatable bonds is 7. The summed E-state index contributed by atoms with van der Waals surface area (Å²) in [6, 6.07) is 8.56. The van der Waals surface area contributed by atoms with Crippen LogP contribution in [-0.2, 0) is 11.3 Å². The summed E-state index contributed by atoms with van der Waals surface area (Å²) in [6.45, 7) is 6.08. The smallest absolute Gasteiger partial charge is 0.0885 e. The van der Waals surface area contributed by atoms with Crippen LogP contribution in [0.2, 0.25) is 0 Å². The Morgan fingerprint density at radius 2 is 2.29 bits per heavy atom. The SMILES string of the molecule is C=COCCCNCc1ccc2cc[nH]c2c1. The molecule has 1 aromatic heterocycles. The fourth-order valence-electron chi connectivity index (χ4n) is 1.80. The fraction of sp³-hybridized carbons (Fsp3) is 0.286. The predicted molar refractivity (Wildman–Crippen MR) is 70.8 cm³/mol. The molecule has 0 spiro atoms. The van der Waals surface area contributed by atoms with E-state index >= 15 is 0 Å². The average Bonchev–Trinajstić information content (AvgIpc) is 2.81. The van der Waals surface area contributed by atoms with Gasteiger partial charge in [0.05, 0.1) is 12.9 Å². The van der Waals surface area contributed by atoms with Crippen LogP contribution in [0.3, 0.4) is 0 Å². The fourth-order valence-corrected chi connectivity index (χ4v) is 1.80. The first-order chi connectivity index (χ1) is 8.40. The highest BCUT2D eigenvalue weighted by molar-refractivity contribution is 5.79. The maximum atomic E-state index is 5.05. The molecule has 0 atom stereocenters. The number of aromatic amines is 1. The number of ether oxygens (including phenoxy) is 1. The molecule has 0 aliphatic rings. The number of H-pyrrole nitrogens is 1. The first-order valence-electron chi connectivity index (χ1n) is 5.89. The van der Waals surface area contributed by atoms with Gasteiger partial charge < -0.3 is 15.0 Å². The highest BCUT2D eigenvalue weighted by Crippen LogP contribution is 2.13. The summed E-state index contributed by atoms with van der Waals surface area (Å²) in [5, 5.41) is 4.65. The summed E-state index contributed by atoms with van der Waals surface area (Å²) in [6.07, 6.45) is 4.45.